The molecule has 0 saturated carbocycles. The molecule has 1 heterocycles. The Bertz CT molecular complexity index is 489. The molecule has 122 valence electrons. The normalized spacial score (nSPS) is 13.6. The monoisotopic (exact) mass is 305 g/mol. The van der Waals surface area contributed by atoms with Crippen LogP contribution < -0.4 is 15.4 Å². The molecule has 2 rings (SSSR count). The van der Waals surface area contributed by atoms with Crippen LogP contribution in [0.1, 0.15) is 24.5 Å². The van der Waals surface area contributed by atoms with Gasteiger partial charge in [0.2, 0.25) is 0 Å². The molecule has 22 heavy (non-hydrogen) atoms. The summed E-state index contributed by atoms with van der Waals surface area (Å²) in [6, 6.07) is 6.48. The molecule has 1 aliphatic rings. The van der Waals surface area contributed by atoms with E-state index in [2.05, 4.69) is 33.8 Å². The second-order valence-electron chi connectivity index (χ2n) is 5.27. The number of hydrogen-bond donors (Lipinski definition) is 2. The van der Waals surface area contributed by atoms with Crippen LogP contribution in [0.25, 0.3) is 0 Å². The average Bonchev–Trinajstić information content (AvgIpc) is 3.00. The Balaban J connectivity index is 1.66. The maximum atomic E-state index is 5.53. The molecule has 5 nitrogen and oxygen atoms in total. The van der Waals surface area contributed by atoms with Crippen LogP contribution in [0, 0.1) is 0 Å². The zero-order chi connectivity index (χ0) is 15.6. The lowest BCUT2D eigenvalue weighted by Gasteiger charge is -2.12. The number of aliphatic imine (C=N–C) groups is 1. The lowest BCUT2D eigenvalue weighted by atomic mass is 10.1. The molecule has 0 spiro atoms. The molecule has 0 bridgehead atoms. The maximum absolute atomic E-state index is 5.53. The first-order valence-corrected chi connectivity index (χ1v) is 8.10. The van der Waals surface area contributed by atoms with Gasteiger partial charge >= 0.3 is 0 Å². The van der Waals surface area contributed by atoms with Gasteiger partial charge in [-0.1, -0.05) is 12.1 Å². The van der Waals surface area contributed by atoms with E-state index in [1.54, 1.807) is 7.05 Å². The van der Waals surface area contributed by atoms with Gasteiger partial charge in [0, 0.05) is 39.8 Å². The SMILES string of the molecule is CCOCCCNC(=NC)NCCc1ccc2c(c1)CCO2. The van der Waals surface area contributed by atoms with E-state index >= 15 is 0 Å². The molecule has 1 aromatic rings. The fraction of sp³-hybridized carbons (Fsp3) is 0.588. The second-order valence-corrected chi connectivity index (χ2v) is 5.27. The Kier molecular flexibility index (Phi) is 7.03. The average molecular weight is 305 g/mol. The van der Waals surface area contributed by atoms with Crippen molar-refractivity contribution < 1.29 is 9.47 Å². The van der Waals surface area contributed by atoms with E-state index in [4.69, 9.17) is 9.47 Å². The Morgan fingerprint density at radius 2 is 2.18 bits per heavy atom. The molecule has 0 radical (unpaired) electrons. The summed E-state index contributed by atoms with van der Waals surface area (Å²) in [6.07, 6.45) is 2.99. The van der Waals surface area contributed by atoms with E-state index in [-0.39, 0.29) is 0 Å². The van der Waals surface area contributed by atoms with Gasteiger partial charge in [-0.2, -0.15) is 0 Å². The van der Waals surface area contributed by atoms with Crippen molar-refractivity contribution in [3.63, 3.8) is 0 Å². The molecule has 0 amide bonds. The van der Waals surface area contributed by atoms with Crippen molar-refractivity contribution >= 4 is 5.96 Å². The molecule has 0 atom stereocenters. The zero-order valence-corrected chi connectivity index (χ0v) is 13.7. The topological polar surface area (TPSA) is 54.9 Å². The van der Waals surface area contributed by atoms with Crippen LogP contribution in [-0.2, 0) is 17.6 Å². The van der Waals surface area contributed by atoms with E-state index < -0.39 is 0 Å². The van der Waals surface area contributed by atoms with E-state index in [0.717, 1.165) is 63.9 Å². The minimum atomic E-state index is 0.777. The van der Waals surface area contributed by atoms with Crippen LogP contribution in [0.2, 0.25) is 0 Å². The summed E-state index contributed by atoms with van der Waals surface area (Å²) in [4.78, 5) is 4.23. The second kappa shape index (κ2) is 9.30. The number of nitrogens with zero attached hydrogens (tertiary/aromatic N) is 1. The molecule has 0 aromatic heterocycles. The van der Waals surface area contributed by atoms with Gasteiger partial charge in [0.05, 0.1) is 6.61 Å². The first-order chi connectivity index (χ1) is 10.8. The van der Waals surface area contributed by atoms with Crippen molar-refractivity contribution in [3.05, 3.63) is 29.3 Å². The Morgan fingerprint density at radius 3 is 3.00 bits per heavy atom. The highest BCUT2D eigenvalue weighted by Crippen LogP contribution is 2.25. The maximum Gasteiger partial charge on any atom is 0.190 e. The highest BCUT2D eigenvalue weighted by Gasteiger charge is 2.11. The number of rotatable bonds is 8. The lowest BCUT2D eigenvalue weighted by Crippen LogP contribution is -2.39. The lowest BCUT2D eigenvalue weighted by molar-refractivity contribution is 0.145. The number of guanidine groups is 1. The van der Waals surface area contributed by atoms with Gasteiger partial charge in [0.15, 0.2) is 5.96 Å². The van der Waals surface area contributed by atoms with E-state index in [0.29, 0.717) is 0 Å². The molecular weight excluding hydrogens is 278 g/mol. The Morgan fingerprint density at radius 1 is 1.32 bits per heavy atom. The third kappa shape index (κ3) is 5.22. The third-order valence-electron chi connectivity index (χ3n) is 3.65. The summed E-state index contributed by atoms with van der Waals surface area (Å²) < 4.78 is 10.8. The van der Waals surface area contributed by atoms with E-state index in [1.165, 1.54) is 11.1 Å². The molecule has 1 aliphatic heterocycles. The van der Waals surface area contributed by atoms with Gasteiger partial charge in [-0.05, 0) is 37.0 Å². The summed E-state index contributed by atoms with van der Waals surface area (Å²) in [7, 11) is 1.80. The number of nitrogens with one attached hydrogen (secondary N) is 2. The van der Waals surface area contributed by atoms with Crippen molar-refractivity contribution in [1.29, 1.82) is 0 Å². The largest absolute Gasteiger partial charge is 0.493 e. The number of hydrogen-bond acceptors (Lipinski definition) is 3. The molecule has 0 saturated heterocycles. The molecule has 0 unspecified atom stereocenters. The molecular formula is C17H27N3O2. The van der Waals surface area contributed by atoms with Crippen molar-refractivity contribution in [3.8, 4) is 5.75 Å². The first-order valence-electron chi connectivity index (χ1n) is 8.10. The molecule has 2 N–H and O–H groups in total. The summed E-state index contributed by atoms with van der Waals surface area (Å²) in [5, 5.41) is 6.64. The minimum absolute atomic E-state index is 0.777. The molecule has 0 fully saturated rings. The predicted molar refractivity (Wildman–Crippen MR) is 89.8 cm³/mol. The Labute approximate surface area is 133 Å². The van der Waals surface area contributed by atoms with Gasteiger partial charge in [0.1, 0.15) is 5.75 Å². The zero-order valence-electron chi connectivity index (χ0n) is 13.7. The quantitative estimate of drug-likeness (QED) is 0.436. The van der Waals surface area contributed by atoms with E-state index in [1.807, 2.05) is 6.92 Å². The summed E-state index contributed by atoms with van der Waals surface area (Å²) >= 11 is 0. The molecule has 0 aliphatic carbocycles. The number of benzene rings is 1. The minimum Gasteiger partial charge on any atom is -0.493 e. The molecule has 1 aromatic carbocycles. The fourth-order valence-corrected chi connectivity index (χ4v) is 2.47. The summed E-state index contributed by atoms with van der Waals surface area (Å²) in [6.45, 7) is 6.13. The fourth-order valence-electron chi connectivity index (χ4n) is 2.47. The van der Waals surface area contributed by atoms with Crippen LogP contribution >= 0.6 is 0 Å². The number of ether oxygens (including phenoxy) is 2. The van der Waals surface area contributed by atoms with Crippen LogP contribution in [0.4, 0.5) is 0 Å². The van der Waals surface area contributed by atoms with Crippen molar-refractivity contribution in [2.45, 2.75) is 26.2 Å². The number of fused-ring (bicyclic) bond motifs is 1. The van der Waals surface area contributed by atoms with Gasteiger partial charge in [0.25, 0.3) is 0 Å². The van der Waals surface area contributed by atoms with E-state index in [9.17, 15) is 0 Å². The smallest absolute Gasteiger partial charge is 0.190 e. The summed E-state index contributed by atoms with van der Waals surface area (Å²) in [5.41, 5.74) is 2.67. The van der Waals surface area contributed by atoms with Crippen molar-refractivity contribution in [2.24, 2.45) is 4.99 Å². The van der Waals surface area contributed by atoms with Crippen LogP contribution in [0.3, 0.4) is 0 Å². The van der Waals surface area contributed by atoms with Crippen LogP contribution in [0.5, 0.6) is 5.75 Å². The van der Waals surface area contributed by atoms with Crippen molar-refractivity contribution in [1.82, 2.24) is 10.6 Å². The highest BCUT2D eigenvalue weighted by molar-refractivity contribution is 5.79. The highest BCUT2D eigenvalue weighted by atomic mass is 16.5. The standard InChI is InChI=1S/C17H27N3O2/c1-3-21-11-4-9-19-17(18-2)20-10-7-14-5-6-16-15(13-14)8-12-22-16/h5-6,13H,3-4,7-12H2,1-2H3,(H2,18,19,20). The summed E-state index contributed by atoms with van der Waals surface area (Å²) in [5.74, 6) is 1.89. The van der Waals surface area contributed by atoms with Gasteiger partial charge < -0.3 is 20.1 Å². The van der Waals surface area contributed by atoms with Crippen molar-refractivity contribution in [2.75, 3.05) is 40.0 Å². The first kappa shape index (κ1) is 16.6. The van der Waals surface area contributed by atoms with Crippen LogP contribution in [0.15, 0.2) is 23.2 Å². The van der Waals surface area contributed by atoms with Gasteiger partial charge in [-0.15, -0.1) is 0 Å². The third-order valence-corrected chi connectivity index (χ3v) is 3.65. The Hall–Kier alpha value is -1.75. The molecule has 5 heteroatoms. The van der Waals surface area contributed by atoms with Gasteiger partial charge in [-0.25, -0.2) is 0 Å². The van der Waals surface area contributed by atoms with Crippen LogP contribution in [-0.4, -0.2) is 45.9 Å². The van der Waals surface area contributed by atoms with Gasteiger partial charge in [-0.3, -0.25) is 4.99 Å². The predicted octanol–water partition coefficient (Wildman–Crippen LogP) is 1.76.